The third kappa shape index (κ3) is 12.6. The molecule has 7 atom stereocenters. The first-order valence-electron chi connectivity index (χ1n) is 23.2. The summed E-state index contributed by atoms with van der Waals surface area (Å²) >= 11 is 0. The van der Waals surface area contributed by atoms with E-state index in [4.69, 9.17) is 0 Å². The minimum absolute atomic E-state index is 0.0556. The topological polar surface area (TPSA) is 3.24 Å². The fourth-order valence-electron chi connectivity index (χ4n) is 9.33. The van der Waals surface area contributed by atoms with Crippen LogP contribution in [-0.2, 0) is 6.42 Å². The van der Waals surface area contributed by atoms with Gasteiger partial charge in [0.2, 0.25) is 0 Å². The van der Waals surface area contributed by atoms with Gasteiger partial charge < -0.3 is 4.90 Å². The molecule has 60 heavy (non-hydrogen) atoms. The van der Waals surface area contributed by atoms with E-state index < -0.39 is 0 Å². The van der Waals surface area contributed by atoms with E-state index in [-0.39, 0.29) is 27.6 Å². The fraction of sp³-hybridized carbons (Fsp3) is 0.525. The highest BCUT2D eigenvalue weighted by molar-refractivity contribution is 5.60. The minimum Gasteiger partial charge on any atom is -0.338 e. The molecule has 1 nitrogen and oxygen atoms in total. The highest BCUT2D eigenvalue weighted by Gasteiger charge is 2.37. The van der Waals surface area contributed by atoms with Crippen molar-refractivity contribution in [1.82, 2.24) is 0 Å². The quantitative estimate of drug-likeness (QED) is 0.134. The second-order valence-corrected chi connectivity index (χ2v) is 22.5. The third-order valence-corrected chi connectivity index (χ3v) is 14.2. The van der Waals surface area contributed by atoms with E-state index in [1.807, 2.05) is 0 Å². The molecule has 3 aliphatic carbocycles. The van der Waals surface area contributed by atoms with E-state index in [0.29, 0.717) is 35.5 Å². The summed E-state index contributed by atoms with van der Waals surface area (Å²) < 4.78 is 0. The van der Waals surface area contributed by atoms with Gasteiger partial charge in [-0.3, -0.25) is 0 Å². The fourth-order valence-corrected chi connectivity index (χ4v) is 9.33. The smallest absolute Gasteiger partial charge is 0.0416 e. The standard InChI is InChI=1S/C59H85N/c1-19-41(3)53-32-29-50(58(14,15)16)40-55(53)59(17,18)34-21-22-35-60(51(20-2)30-28-47-38-46(36-43(47)5)27-26-44(6)56(8,9)10)52-31-33-54-45(7)42(4)37-49(57(11,12)13)25-23-24-48(54)39-52/h19-23,25-27,29-33,37,39-41,43,45-47,53,55H,1-2,4,6,24,28,34-36,38H2,3,5,7-18H3/b22-21-,25-23-,27-26-,49-37+,51-30+. The van der Waals surface area contributed by atoms with Crippen molar-refractivity contribution in [2.75, 3.05) is 11.4 Å². The molecule has 0 radical (unpaired) electrons. The van der Waals surface area contributed by atoms with Crippen LogP contribution in [0.5, 0.6) is 0 Å². The Bertz CT molecular complexity index is 1920. The van der Waals surface area contributed by atoms with Crippen LogP contribution in [0.3, 0.4) is 0 Å². The molecule has 0 aromatic heterocycles. The number of anilines is 1. The Morgan fingerprint density at radius 2 is 1.58 bits per heavy atom. The third-order valence-electron chi connectivity index (χ3n) is 14.2. The molecule has 0 bridgehead atoms. The molecule has 1 heteroatoms. The first-order chi connectivity index (χ1) is 27.9. The lowest BCUT2D eigenvalue weighted by atomic mass is 9.63. The lowest BCUT2D eigenvalue weighted by Gasteiger charge is -2.42. The summed E-state index contributed by atoms with van der Waals surface area (Å²) in [5.41, 5.74) is 10.6. The van der Waals surface area contributed by atoms with E-state index in [2.05, 4.69) is 225 Å². The van der Waals surface area contributed by atoms with Crippen molar-refractivity contribution >= 4 is 5.69 Å². The van der Waals surface area contributed by atoms with Gasteiger partial charge in [-0.2, -0.15) is 0 Å². The Balaban J connectivity index is 1.68. The highest BCUT2D eigenvalue weighted by atomic mass is 15.1. The van der Waals surface area contributed by atoms with Crippen molar-refractivity contribution in [3.05, 3.63) is 163 Å². The van der Waals surface area contributed by atoms with Crippen LogP contribution in [0.1, 0.15) is 140 Å². The lowest BCUT2D eigenvalue weighted by Crippen LogP contribution is -2.33. The summed E-state index contributed by atoms with van der Waals surface area (Å²) in [5, 5.41) is 0. The first kappa shape index (κ1) is 48.8. The zero-order valence-electron chi connectivity index (χ0n) is 40.8. The molecule has 0 saturated heterocycles. The second kappa shape index (κ2) is 19.9. The van der Waals surface area contributed by atoms with Gasteiger partial charge in [0.25, 0.3) is 0 Å². The molecule has 0 amide bonds. The van der Waals surface area contributed by atoms with Gasteiger partial charge in [0.1, 0.15) is 0 Å². The maximum absolute atomic E-state index is 4.57. The second-order valence-electron chi connectivity index (χ2n) is 22.5. The van der Waals surface area contributed by atoms with Gasteiger partial charge in [0, 0.05) is 23.8 Å². The molecular formula is C59H85N. The van der Waals surface area contributed by atoms with Gasteiger partial charge in [-0.15, -0.1) is 6.58 Å². The molecular weight excluding hydrogens is 723 g/mol. The van der Waals surface area contributed by atoms with Crippen LogP contribution in [0.15, 0.2) is 151 Å². The van der Waals surface area contributed by atoms with Gasteiger partial charge >= 0.3 is 0 Å². The lowest BCUT2D eigenvalue weighted by molar-refractivity contribution is 0.184. The molecule has 0 spiro atoms. The Hall–Kier alpha value is -3.84. The van der Waals surface area contributed by atoms with Crippen LogP contribution in [0, 0.1) is 57.2 Å². The number of rotatable bonds is 14. The average Bonchev–Trinajstić information content (AvgIpc) is 3.55. The Kier molecular flexibility index (Phi) is 16.2. The van der Waals surface area contributed by atoms with Gasteiger partial charge in [-0.25, -0.2) is 0 Å². The Morgan fingerprint density at radius 3 is 2.20 bits per heavy atom. The van der Waals surface area contributed by atoms with Gasteiger partial charge in [0.05, 0.1) is 0 Å². The molecule has 0 aliphatic heterocycles. The highest BCUT2D eigenvalue weighted by Crippen LogP contribution is 2.46. The van der Waals surface area contributed by atoms with E-state index in [0.717, 1.165) is 25.8 Å². The summed E-state index contributed by atoms with van der Waals surface area (Å²) in [6, 6.07) is 7.14. The summed E-state index contributed by atoms with van der Waals surface area (Å²) in [6.45, 7) is 50.9. The van der Waals surface area contributed by atoms with E-state index in [1.165, 1.54) is 57.6 Å². The number of hydrogen-bond donors (Lipinski definition) is 0. The maximum Gasteiger partial charge on any atom is 0.0416 e. The maximum atomic E-state index is 4.57. The molecule has 4 rings (SSSR count). The predicted molar refractivity (Wildman–Crippen MR) is 268 cm³/mol. The van der Waals surface area contributed by atoms with Crippen molar-refractivity contribution < 1.29 is 0 Å². The number of allylic oxidation sites excluding steroid dienone is 16. The molecule has 326 valence electrons. The molecule has 3 aliphatic rings. The van der Waals surface area contributed by atoms with Crippen molar-refractivity contribution in [1.29, 1.82) is 0 Å². The number of hydrogen-bond acceptors (Lipinski definition) is 1. The summed E-state index contributed by atoms with van der Waals surface area (Å²) in [4.78, 5) is 2.50. The largest absolute Gasteiger partial charge is 0.338 e. The summed E-state index contributed by atoms with van der Waals surface area (Å²) in [5.74, 6) is 3.41. The zero-order valence-corrected chi connectivity index (χ0v) is 40.8. The van der Waals surface area contributed by atoms with Crippen LogP contribution in [-0.4, -0.2) is 6.54 Å². The van der Waals surface area contributed by atoms with Crippen molar-refractivity contribution in [3.63, 3.8) is 0 Å². The van der Waals surface area contributed by atoms with E-state index >= 15 is 0 Å². The van der Waals surface area contributed by atoms with Crippen LogP contribution in [0.2, 0.25) is 0 Å². The SMILES string of the molecule is C=C/C(=C\CC1CC(/C=C\C(=C)C(C)(C)C)CC1C)N(C/C=C\CC(C)(C)C1C=C(C(C)(C)C)C=CC1C(C)C=C)c1ccc2c(c1)C/C=C\C(C(C)(C)C)=C/C(=C)C2C. The van der Waals surface area contributed by atoms with Crippen LogP contribution in [0.4, 0.5) is 5.69 Å². The molecule has 1 saturated carbocycles. The monoisotopic (exact) mass is 808 g/mol. The van der Waals surface area contributed by atoms with Gasteiger partial charge in [-0.05, 0) is 135 Å². The van der Waals surface area contributed by atoms with Crippen molar-refractivity contribution in [2.45, 2.75) is 135 Å². The Morgan fingerprint density at radius 1 is 0.900 bits per heavy atom. The normalized spacial score (nSPS) is 26.4. The minimum atomic E-state index is 0.0556. The molecule has 1 aromatic carbocycles. The van der Waals surface area contributed by atoms with Crippen LogP contribution < -0.4 is 4.90 Å². The van der Waals surface area contributed by atoms with E-state index in [1.54, 1.807) is 0 Å². The predicted octanol–water partition coefficient (Wildman–Crippen LogP) is 17.1. The molecule has 0 heterocycles. The number of nitrogens with zero attached hydrogens (tertiary/aromatic N) is 1. The van der Waals surface area contributed by atoms with Gasteiger partial charge in [0.15, 0.2) is 0 Å². The molecule has 0 N–H and O–H groups in total. The van der Waals surface area contributed by atoms with Crippen molar-refractivity contribution in [3.8, 4) is 0 Å². The Labute approximate surface area is 370 Å². The first-order valence-corrected chi connectivity index (χ1v) is 23.2. The summed E-state index contributed by atoms with van der Waals surface area (Å²) in [7, 11) is 0. The molecule has 1 fully saturated rings. The van der Waals surface area contributed by atoms with Gasteiger partial charge in [-0.1, -0.05) is 201 Å². The molecule has 1 aromatic rings. The van der Waals surface area contributed by atoms with Crippen molar-refractivity contribution in [2.24, 2.45) is 57.2 Å². The van der Waals surface area contributed by atoms with Crippen LogP contribution >= 0.6 is 0 Å². The number of fused-ring (bicyclic) bond motifs is 1. The zero-order chi connectivity index (χ0) is 44.8. The average molecular weight is 808 g/mol. The van der Waals surface area contributed by atoms with E-state index in [9.17, 15) is 0 Å². The summed E-state index contributed by atoms with van der Waals surface area (Å²) in [6.07, 6.45) is 36.1. The van der Waals surface area contributed by atoms with Crippen LogP contribution in [0.25, 0.3) is 0 Å². The number of benzene rings is 1. The molecule has 7 unspecified atom stereocenters.